The van der Waals surface area contributed by atoms with Crippen LogP contribution in [0.15, 0.2) is 48.8 Å². The van der Waals surface area contributed by atoms with Gasteiger partial charge in [-0.3, -0.25) is 9.59 Å². The van der Waals surface area contributed by atoms with Gasteiger partial charge in [-0.2, -0.15) is 0 Å². The number of rotatable bonds is 3. The van der Waals surface area contributed by atoms with E-state index in [2.05, 4.69) is 9.97 Å². The Morgan fingerprint density at radius 2 is 1.68 bits per heavy atom. The van der Waals surface area contributed by atoms with Crippen LogP contribution in [0.1, 0.15) is 29.0 Å². The first-order valence-electron chi connectivity index (χ1n) is 9.06. The molecule has 2 aliphatic heterocycles. The van der Waals surface area contributed by atoms with Crippen LogP contribution in [0.5, 0.6) is 0 Å². The van der Waals surface area contributed by atoms with Crippen molar-refractivity contribution in [1.82, 2.24) is 19.8 Å². The van der Waals surface area contributed by atoms with Gasteiger partial charge in [-0.05, 0) is 11.6 Å². The van der Waals surface area contributed by atoms with Gasteiger partial charge in [0.2, 0.25) is 11.7 Å². The Morgan fingerprint density at radius 1 is 1.04 bits per heavy atom. The fourth-order valence-electron chi connectivity index (χ4n) is 3.96. The number of benzene rings is 1. The minimum atomic E-state index is -3.63. The van der Waals surface area contributed by atoms with E-state index < -0.39 is 20.5 Å². The van der Waals surface area contributed by atoms with Crippen molar-refractivity contribution in [1.29, 1.82) is 0 Å². The Bertz CT molecular complexity index is 987. The van der Waals surface area contributed by atoms with Crippen LogP contribution in [0.3, 0.4) is 0 Å². The molecule has 1 aromatic heterocycles. The second-order valence-corrected chi connectivity index (χ2v) is 9.31. The van der Waals surface area contributed by atoms with E-state index in [4.69, 9.17) is 0 Å². The zero-order chi connectivity index (χ0) is 19.8. The smallest absolute Gasteiger partial charge is 0.291 e. The summed E-state index contributed by atoms with van der Waals surface area (Å²) in [6.07, 6.45) is 3.36. The molecule has 2 aliphatic rings. The van der Waals surface area contributed by atoms with E-state index in [-0.39, 0.29) is 50.1 Å². The minimum Gasteiger partial charge on any atom is -0.336 e. The van der Waals surface area contributed by atoms with Gasteiger partial charge in [-0.15, -0.1) is 0 Å². The van der Waals surface area contributed by atoms with Crippen LogP contribution in [-0.4, -0.2) is 63.7 Å². The summed E-state index contributed by atoms with van der Waals surface area (Å²) in [4.78, 5) is 34.8. The molecule has 2 aromatic rings. The van der Waals surface area contributed by atoms with Crippen molar-refractivity contribution in [3.05, 3.63) is 60.2 Å². The molecule has 0 aliphatic carbocycles. The number of likely N-dealkylation sites (tertiary alicyclic amines) is 1. The first kappa shape index (κ1) is 18.5. The van der Waals surface area contributed by atoms with Crippen LogP contribution >= 0.6 is 0 Å². The van der Waals surface area contributed by atoms with Gasteiger partial charge in [0, 0.05) is 44.9 Å². The molecule has 9 heteroatoms. The SMILES string of the molecule is O=C(c1ncccn1)N1CCC2(CC1)N(Cc1ccccc1)C(=O)CS2(=O)=O. The highest BCUT2D eigenvalue weighted by Gasteiger charge is 2.58. The van der Waals surface area contributed by atoms with E-state index in [0.29, 0.717) is 0 Å². The van der Waals surface area contributed by atoms with Gasteiger partial charge in [-0.1, -0.05) is 30.3 Å². The van der Waals surface area contributed by atoms with Gasteiger partial charge in [0.05, 0.1) is 0 Å². The molecule has 0 N–H and O–H groups in total. The number of sulfone groups is 1. The number of carbonyl (C=O) groups excluding carboxylic acids is 2. The van der Waals surface area contributed by atoms with Crippen molar-refractivity contribution in [2.24, 2.45) is 0 Å². The van der Waals surface area contributed by atoms with E-state index in [1.54, 1.807) is 11.0 Å². The number of hydrogen-bond acceptors (Lipinski definition) is 6. The molecule has 146 valence electrons. The van der Waals surface area contributed by atoms with Gasteiger partial charge in [-0.25, -0.2) is 18.4 Å². The Balaban J connectivity index is 1.57. The summed E-state index contributed by atoms with van der Waals surface area (Å²) in [5.41, 5.74) is 0.878. The molecule has 4 rings (SSSR count). The van der Waals surface area contributed by atoms with Gasteiger partial charge >= 0.3 is 0 Å². The van der Waals surface area contributed by atoms with Crippen LogP contribution in [-0.2, 0) is 21.2 Å². The molecule has 1 aromatic carbocycles. The summed E-state index contributed by atoms with van der Waals surface area (Å²) in [6.45, 7) is 0.707. The molecule has 28 heavy (non-hydrogen) atoms. The fraction of sp³-hybridized carbons (Fsp3) is 0.368. The first-order chi connectivity index (χ1) is 13.4. The van der Waals surface area contributed by atoms with Crippen molar-refractivity contribution >= 4 is 21.7 Å². The normalized spacial score (nSPS) is 20.5. The molecule has 8 nitrogen and oxygen atoms in total. The van der Waals surface area contributed by atoms with Crippen LogP contribution in [0.2, 0.25) is 0 Å². The highest BCUT2D eigenvalue weighted by molar-refractivity contribution is 7.93. The monoisotopic (exact) mass is 400 g/mol. The third-order valence-electron chi connectivity index (χ3n) is 5.46. The lowest BCUT2D eigenvalue weighted by molar-refractivity contribution is -0.131. The predicted octanol–water partition coefficient (Wildman–Crippen LogP) is 0.866. The molecule has 0 radical (unpaired) electrons. The zero-order valence-corrected chi connectivity index (χ0v) is 16.0. The van der Waals surface area contributed by atoms with E-state index in [0.717, 1.165) is 5.56 Å². The lowest BCUT2D eigenvalue weighted by Gasteiger charge is -2.43. The molecule has 0 unspecified atom stereocenters. The van der Waals surface area contributed by atoms with Gasteiger partial charge in [0.15, 0.2) is 9.84 Å². The molecule has 0 atom stereocenters. The predicted molar refractivity (Wildman–Crippen MR) is 101 cm³/mol. The minimum absolute atomic E-state index is 0.0879. The molecule has 2 fully saturated rings. The summed E-state index contributed by atoms with van der Waals surface area (Å²) < 4.78 is 25.8. The second-order valence-electron chi connectivity index (χ2n) is 7.04. The summed E-state index contributed by atoms with van der Waals surface area (Å²) >= 11 is 0. The summed E-state index contributed by atoms with van der Waals surface area (Å²) in [6, 6.07) is 11.0. The number of amides is 2. The number of aromatic nitrogens is 2. The maximum Gasteiger partial charge on any atom is 0.291 e. The number of carbonyl (C=O) groups is 2. The third kappa shape index (κ3) is 3.05. The fourth-order valence-corrected chi connectivity index (χ4v) is 6.02. The zero-order valence-electron chi connectivity index (χ0n) is 15.2. The molecule has 2 amide bonds. The third-order valence-corrected chi connectivity index (χ3v) is 7.87. The Kier molecular flexibility index (Phi) is 4.62. The largest absolute Gasteiger partial charge is 0.336 e. The molecular weight excluding hydrogens is 380 g/mol. The van der Waals surface area contributed by atoms with Crippen molar-refractivity contribution in [3.63, 3.8) is 0 Å². The lowest BCUT2D eigenvalue weighted by Crippen LogP contribution is -2.56. The van der Waals surface area contributed by atoms with Gasteiger partial charge in [0.25, 0.3) is 5.91 Å². The van der Waals surface area contributed by atoms with Crippen molar-refractivity contribution in [3.8, 4) is 0 Å². The van der Waals surface area contributed by atoms with Crippen LogP contribution in [0, 0.1) is 0 Å². The summed E-state index contributed by atoms with van der Waals surface area (Å²) in [7, 11) is -3.63. The molecule has 0 bridgehead atoms. The first-order valence-corrected chi connectivity index (χ1v) is 10.7. The Labute approximate surface area is 163 Å². The van der Waals surface area contributed by atoms with Crippen LogP contribution in [0.25, 0.3) is 0 Å². The summed E-state index contributed by atoms with van der Waals surface area (Å²) in [5.74, 6) is -1.10. The van der Waals surface area contributed by atoms with Crippen LogP contribution < -0.4 is 0 Å². The highest BCUT2D eigenvalue weighted by atomic mass is 32.2. The van der Waals surface area contributed by atoms with E-state index in [1.807, 2.05) is 30.3 Å². The Hall–Kier alpha value is -2.81. The molecule has 2 saturated heterocycles. The van der Waals surface area contributed by atoms with E-state index in [1.165, 1.54) is 17.3 Å². The van der Waals surface area contributed by atoms with Crippen LogP contribution in [0.4, 0.5) is 0 Å². The van der Waals surface area contributed by atoms with Crippen molar-refractivity contribution in [2.45, 2.75) is 24.3 Å². The lowest BCUT2D eigenvalue weighted by atomic mass is 10.0. The van der Waals surface area contributed by atoms with Crippen molar-refractivity contribution in [2.75, 3.05) is 18.8 Å². The summed E-state index contributed by atoms with van der Waals surface area (Å²) in [5, 5.41) is 0. The maximum atomic E-state index is 12.9. The topological polar surface area (TPSA) is 101 Å². The van der Waals surface area contributed by atoms with Crippen molar-refractivity contribution < 1.29 is 18.0 Å². The van der Waals surface area contributed by atoms with Gasteiger partial charge < -0.3 is 9.80 Å². The quantitative estimate of drug-likeness (QED) is 0.758. The maximum absolute atomic E-state index is 12.9. The van der Waals surface area contributed by atoms with E-state index >= 15 is 0 Å². The highest BCUT2D eigenvalue weighted by Crippen LogP contribution is 2.41. The number of hydrogen-bond donors (Lipinski definition) is 0. The molecule has 0 saturated carbocycles. The standard InChI is InChI=1S/C19H20N4O4S/c24-16-14-28(26,27)19(23(16)13-15-5-2-1-3-6-15)7-11-22(12-8-19)18(25)17-20-9-4-10-21-17/h1-6,9-10H,7-8,11-14H2. The number of nitrogens with zero attached hydrogens (tertiary/aromatic N) is 4. The van der Waals surface area contributed by atoms with E-state index in [9.17, 15) is 18.0 Å². The second kappa shape index (κ2) is 6.97. The molecule has 1 spiro atoms. The van der Waals surface area contributed by atoms with Gasteiger partial charge in [0.1, 0.15) is 10.6 Å². The molecule has 3 heterocycles. The Morgan fingerprint density at radius 3 is 2.32 bits per heavy atom. The number of piperidine rings is 1. The average molecular weight is 400 g/mol. The molecular formula is C19H20N4O4S. The average Bonchev–Trinajstić information content (AvgIpc) is 2.89.